The number of rotatable bonds is 2. The molecular weight excluding hydrogens is 424 g/mol. The van der Waals surface area contributed by atoms with Gasteiger partial charge in [-0.15, -0.1) is 0 Å². The third-order valence-electron chi connectivity index (χ3n) is 12.3. The standard InChI is InChI=1S/C33H46N2/c1-19-30(2,3)26-17-24-25(32(6,7)33(8,9)31(24,4)5)18-28(26)35(19)29-16-23-21-13-11-20(12-14-21)22(23)15-27(29)34-10/h15-21,34H,11-14H2,1-10H3. The lowest BCUT2D eigenvalue weighted by molar-refractivity contribution is 0.125. The van der Waals surface area contributed by atoms with Gasteiger partial charge in [0.2, 0.25) is 0 Å². The molecule has 0 aromatic heterocycles. The summed E-state index contributed by atoms with van der Waals surface area (Å²) in [5.41, 5.74) is 12.5. The van der Waals surface area contributed by atoms with E-state index in [-0.39, 0.29) is 21.7 Å². The second kappa shape index (κ2) is 6.87. The summed E-state index contributed by atoms with van der Waals surface area (Å²) in [6, 6.07) is 10.7. The SMILES string of the molecule is CNc1cc2c(cc1N1c3cc4c(cc3C(C)(C)C1C)C(C)(C)C(C)(C)C4(C)C)C1CCC2CC1. The number of nitrogens with zero attached hydrogens (tertiary/aromatic N) is 1. The minimum Gasteiger partial charge on any atom is -0.386 e. The largest absolute Gasteiger partial charge is 0.386 e. The monoisotopic (exact) mass is 470 g/mol. The Balaban J connectivity index is 1.59. The zero-order valence-electron chi connectivity index (χ0n) is 23.8. The van der Waals surface area contributed by atoms with Crippen LogP contribution in [-0.4, -0.2) is 13.1 Å². The molecule has 2 aromatic carbocycles. The molecule has 2 bridgehead atoms. The Labute approximate surface area is 213 Å². The molecule has 7 rings (SSSR count). The van der Waals surface area contributed by atoms with E-state index in [4.69, 9.17) is 0 Å². The Bertz CT molecular complexity index is 1220. The maximum atomic E-state index is 3.61. The summed E-state index contributed by atoms with van der Waals surface area (Å²) in [4.78, 5) is 2.69. The van der Waals surface area contributed by atoms with Gasteiger partial charge in [-0.25, -0.2) is 0 Å². The molecule has 188 valence electrons. The molecule has 1 fully saturated rings. The van der Waals surface area contributed by atoms with Gasteiger partial charge in [0.1, 0.15) is 0 Å². The first kappa shape index (κ1) is 23.4. The highest BCUT2D eigenvalue weighted by molar-refractivity contribution is 5.84. The van der Waals surface area contributed by atoms with Crippen LogP contribution in [0.5, 0.6) is 0 Å². The smallest absolute Gasteiger partial charge is 0.0652 e. The topological polar surface area (TPSA) is 15.3 Å². The molecule has 1 saturated carbocycles. The molecular formula is C33H46N2. The summed E-state index contributed by atoms with van der Waals surface area (Å²) in [7, 11) is 2.11. The maximum Gasteiger partial charge on any atom is 0.0652 e. The van der Waals surface area contributed by atoms with E-state index in [0.717, 1.165) is 11.8 Å². The second-order valence-electron chi connectivity index (χ2n) is 14.4. The van der Waals surface area contributed by atoms with Crippen molar-refractivity contribution in [3.05, 3.63) is 52.1 Å². The van der Waals surface area contributed by atoms with Gasteiger partial charge in [0.15, 0.2) is 0 Å². The van der Waals surface area contributed by atoms with Crippen molar-refractivity contribution in [1.82, 2.24) is 0 Å². The lowest BCUT2D eigenvalue weighted by Crippen LogP contribution is -2.42. The fourth-order valence-corrected chi connectivity index (χ4v) is 8.33. The number of benzene rings is 2. The molecule has 1 aliphatic heterocycles. The molecule has 0 radical (unpaired) electrons. The molecule has 1 atom stereocenters. The summed E-state index contributed by atoms with van der Waals surface area (Å²) >= 11 is 0. The predicted octanol–water partition coefficient (Wildman–Crippen LogP) is 8.90. The molecule has 2 nitrogen and oxygen atoms in total. The second-order valence-corrected chi connectivity index (χ2v) is 14.4. The first-order valence-electron chi connectivity index (χ1n) is 14.1. The van der Waals surface area contributed by atoms with Crippen molar-refractivity contribution in [3.63, 3.8) is 0 Å². The van der Waals surface area contributed by atoms with Crippen LogP contribution in [-0.2, 0) is 16.2 Å². The zero-order chi connectivity index (χ0) is 25.3. The minimum absolute atomic E-state index is 0.0806. The van der Waals surface area contributed by atoms with Crippen molar-refractivity contribution in [2.75, 3.05) is 17.3 Å². The van der Waals surface area contributed by atoms with Gasteiger partial charge in [-0.3, -0.25) is 0 Å². The van der Waals surface area contributed by atoms with E-state index < -0.39 is 0 Å². The summed E-state index contributed by atoms with van der Waals surface area (Å²) in [6.07, 6.45) is 5.50. The van der Waals surface area contributed by atoms with Crippen LogP contribution in [0.4, 0.5) is 17.1 Å². The van der Waals surface area contributed by atoms with Gasteiger partial charge in [0.25, 0.3) is 0 Å². The number of hydrogen-bond acceptors (Lipinski definition) is 2. The van der Waals surface area contributed by atoms with Crippen LogP contribution in [0, 0.1) is 5.41 Å². The van der Waals surface area contributed by atoms with Crippen molar-refractivity contribution >= 4 is 17.1 Å². The molecule has 0 saturated heterocycles. The van der Waals surface area contributed by atoms with Gasteiger partial charge in [-0.05, 0) is 107 Å². The molecule has 35 heavy (non-hydrogen) atoms. The molecule has 1 heterocycles. The fraction of sp³-hybridized carbons (Fsp3) is 0.636. The third-order valence-corrected chi connectivity index (χ3v) is 12.3. The Morgan fingerprint density at radius 1 is 0.686 bits per heavy atom. The summed E-state index contributed by atoms with van der Waals surface area (Å²) < 4.78 is 0. The van der Waals surface area contributed by atoms with Crippen LogP contribution >= 0.6 is 0 Å². The normalized spacial score (nSPS) is 30.1. The fourth-order valence-electron chi connectivity index (χ4n) is 8.33. The highest BCUT2D eigenvalue weighted by atomic mass is 15.2. The number of hydrogen-bond donors (Lipinski definition) is 1. The minimum atomic E-state index is 0.0806. The molecule has 1 unspecified atom stereocenters. The Hall–Kier alpha value is -1.96. The summed E-state index contributed by atoms with van der Waals surface area (Å²) in [5.74, 6) is 1.52. The molecule has 2 heteroatoms. The molecule has 0 spiro atoms. The lowest BCUT2D eigenvalue weighted by atomic mass is 9.59. The highest BCUT2D eigenvalue weighted by Gasteiger charge is 2.58. The van der Waals surface area contributed by atoms with Gasteiger partial charge in [0, 0.05) is 24.2 Å². The van der Waals surface area contributed by atoms with E-state index in [9.17, 15) is 0 Å². The van der Waals surface area contributed by atoms with Crippen LogP contribution in [0.3, 0.4) is 0 Å². The van der Waals surface area contributed by atoms with Gasteiger partial charge in [-0.2, -0.15) is 0 Å². The average molecular weight is 471 g/mol. The maximum absolute atomic E-state index is 3.61. The van der Waals surface area contributed by atoms with Crippen molar-refractivity contribution in [3.8, 4) is 0 Å². The lowest BCUT2D eigenvalue weighted by Gasteiger charge is -2.44. The van der Waals surface area contributed by atoms with E-state index >= 15 is 0 Å². The van der Waals surface area contributed by atoms with Crippen molar-refractivity contribution < 1.29 is 0 Å². The van der Waals surface area contributed by atoms with Crippen molar-refractivity contribution in [2.24, 2.45) is 5.41 Å². The molecule has 1 N–H and O–H groups in total. The van der Waals surface area contributed by atoms with Crippen LogP contribution in [0.2, 0.25) is 0 Å². The number of fused-ring (bicyclic) bond motifs is 4. The zero-order valence-corrected chi connectivity index (χ0v) is 23.8. The molecule has 5 aliphatic rings. The van der Waals surface area contributed by atoms with Crippen LogP contribution in [0.15, 0.2) is 24.3 Å². The molecule has 0 amide bonds. The first-order chi connectivity index (χ1) is 16.2. The van der Waals surface area contributed by atoms with Crippen LogP contribution < -0.4 is 10.2 Å². The number of anilines is 3. The predicted molar refractivity (Wildman–Crippen MR) is 151 cm³/mol. The summed E-state index contributed by atoms with van der Waals surface area (Å²) in [6.45, 7) is 22.2. The van der Waals surface area contributed by atoms with Gasteiger partial charge < -0.3 is 10.2 Å². The average Bonchev–Trinajstić information content (AvgIpc) is 3.07. The van der Waals surface area contributed by atoms with Crippen molar-refractivity contribution in [1.29, 1.82) is 0 Å². The number of nitrogens with one attached hydrogen (secondary N) is 1. The quantitative estimate of drug-likeness (QED) is 0.471. The van der Waals surface area contributed by atoms with E-state index in [1.807, 2.05) is 0 Å². The van der Waals surface area contributed by atoms with E-state index in [2.05, 4.69) is 104 Å². The van der Waals surface area contributed by atoms with E-state index in [1.54, 1.807) is 22.3 Å². The van der Waals surface area contributed by atoms with Crippen molar-refractivity contribution in [2.45, 2.75) is 122 Å². The van der Waals surface area contributed by atoms with E-state index in [0.29, 0.717) is 6.04 Å². The van der Waals surface area contributed by atoms with Crippen LogP contribution in [0.1, 0.15) is 128 Å². The Morgan fingerprint density at radius 2 is 1.20 bits per heavy atom. The highest BCUT2D eigenvalue weighted by Crippen LogP contribution is 2.64. The third kappa shape index (κ3) is 2.67. The first-order valence-corrected chi connectivity index (χ1v) is 14.1. The van der Waals surface area contributed by atoms with E-state index in [1.165, 1.54) is 48.3 Å². The molecule has 4 aliphatic carbocycles. The van der Waals surface area contributed by atoms with Gasteiger partial charge >= 0.3 is 0 Å². The Kier molecular flexibility index (Phi) is 4.60. The Morgan fingerprint density at radius 3 is 1.74 bits per heavy atom. The van der Waals surface area contributed by atoms with Gasteiger partial charge in [-0.1, -0.05) is 61.5 Å². The molecule has 2 aromatic rings. The van der Waals surface area contributed by atoms with Gasteiger partial charge in [0.05, 0.1) is 11.4 Å². The summed E-state index contributed by atoms with van der Waals surface area (Å²) in [5, 5.41) is 3.61. The van der Waals surface area contributed by atoms with Crippen LogP contribution in [0.25, 0.3) is 0 Å².